The van der Waals surface area contributed by atoms with Crippen molar-refractivity contribution >= 4 is 34.1 Å². The molecule has 3 rings (SSSR count). The van der Waals surface area contributed by atoms with E-state index in [0.717, 1.165) is 16.5 Å². The van der Waals surface area contributed by atoms with E-state index in [1.54, 1.807) is 0 Å². The fourth-order valence-electron chi connectivity index (χ4n) is 2.94. The third-order valence-corrected chi connectivity index (χ3v) is 5.59. The summed E-state index contributed by atoms with van der Waals surface area (Å²) < 4.78 is 0. The lowest BCUT2D eigenvalue weighted by atomic mass is 10.1. The smallest absolute Gasteiger partial charge is 0.237 e. The lowest BCUT2D eigenvalue weighted by Gasteiger charge is -2.16. The van der Waals surface area contributed by atoms with E-state index in [9.17, 15) is 4.79 Å². The molecule has 3 heteroatoms. The number of hydrogen-bond donors (Lipinski definition) is 1. The number of nitrogens with one attached hydrogen (secondary N) is 1. The predicted molar refractivity (Wildman–Crippen MR) is 91.9 cm³/mol. The number of carbonyl (C=O) groups excluding carboxylic acids is 1. The van der Waals surface area contributed by atoms with Gasteiger partial charge in [-0.05, 0) is 31.2 Å². The van der Waals surface area contributed by atoms with Crippen molar-refractivity contribution in [2.75, 3.05) is 5.32 Å². The van der Waals surface area contributed by atoms with E-state index in [0.29, 0.717) is 5.25 Å². The third kappa shape index (κ3) is 3.41. The molecule has 1 fully saturated rings. The number of rotatable bonds is 4. The van der Waals surface area contributed by atoms with Gasteiger partial charge in [0.15, 0.2) is 0 Å². The van der Waals surface area contributed by atoms with Crippen LogP contribution in [0.25, 0.3) is 10.8 Å². The van der Waals surface area contributed by atoms with Gasteiger partial charge in [0, 0.05) is 16.3 Å². The molecule has 1 aliphatic carbocycles. The molecule has 2 aromatic carbocycles. The molecule has 1 aliphatic rings. The van der Waals surface area contributed by atoms with Crippen molar-refractivity contribution in [1.29, 1.82) is 0 Å². The fraction of sp³-hybridized carbons (Fsp3) is 0.389. The van der Waals surface area contributed by atoms with Crippen LogP contribution in [0.5, 0.6) is 0 Å². The minimum absolute atomic E-state index is 0.00654. The van der Waals surface area contributed by atoms with E-state index in [1.165, 1.54) is 25.7 Å². The number of hydrogen-bond acceptors (Lipinski definition) is 2. The molecule has 110 valence electrons. The highest BCUT2D eigenvalue weighted by atomic mass is 32.2. The Balaban J connectivity index is 1.70. The summed E-state index contributed by atoms with van der Waals surface area (Å²) in [6, 6.07) is 14.2. The monoisotopic (exact) mass is 299 g/mol. The molecule has 1 amide bonds. The molecule has 0 spiro atoms. The third-order valence-electron chi connectivity index (χ3n) is 4.12. The number of fused-ring (bicyclic) bond motifs is 1. The standard InChI is InChI=1S/C18H21NOS/c1-13(21-15-9-3-4-10-15)18(20)19-17-12-6-8-14-7-2-5-11-16(14)17/h2,5-8,11-13,15H,3-4,9-10H2,1H3,(H,19,20)/t13-/m1/s1. The maximum atomic E-state index is 12.4. The highest BCUT2D eigenvalue weighted by Gasteiger charge is 2.22. The van der Waals surface area contributed by atoms with Gasteiger partial charge in [-0.25, -0.2) is 0 Å². The average molecular weight is 299 g/mol. The van der Waals surface area contributed by atoms with Crippen LogP contribution in [-0.2, 0) is 4.79 Å². The minimum Gasteiger partial charge on any atom is -0.325 e. The molecule has 0 bridgehead atoms. The van der Waals surface area contributed by atoms with Crippen molar-refractivity contribution in [3.05, 3.63) is 42.5 Å². The van der Waals surface area contributed by atoms with Crippen LogP contribution in [0.1, 0.15) is 32.6 Å². The SMILES string of the molecule is C[C@@H](SC1CCCC1)C(=O)Nc1cccc2ccccc12. The number of benzene rings is 2. The molecular formula is C18H21NOS. The van der Waals surface area contributed by atoms with Crippen LogP contribution in [-0.4, -0.2) is 16.4 Å². The Kier molecular flexibility index (Phi) is 4.49. The Labute approximate surface area is 130 Å². The molecule has 0 radical (unpaired) electrons. The van der Waals surface area contributed by atoms with E-state index in [4.69, 9.17) is 0 Å². The second kappa shape index (κ2) is 6.52. The minimum atomic E-state index is 0.00654. The van der Waals surface area contributed by atoms with E-state index in [-0.39, 0.29) is 11.2 Å². The second-order valence-corrected chi connectivity index (χ2v) is 7.35. The van der Waals surface area contributed by atoms with Crippen molar-refractivity contribution in [2.24, 2.45) is 0 Å². The van der Waals surface area contributed by atoms with Crippen LogP contribution in [0.3, 0.4) is 0 Å². The number of carbonyl (C=O) groups is 1. The van der Waals surface area contributed by atoms with E-state index < -0.39 is 0 Å². The van der Waals surface area contributed by atoms with Crippen molar-refractivity contribution in [3.63, 3.8) is 0 Å². The molecule has 1 saturated carbocycles. The van der Waals surface area contributed by atoms with Crippen molar-refractivity contribution in [2.45, 2.75) is 43.1 Å². The summed E-state index contributed by atoms with van der Waals surface area (Å²) in [5, 5.41) is 6.03. The van der Waals surface area contributed by atoms with Gasteiger partial charge in [-0.15, -0.1) is 11.8 Å². The second-order valence-electron chi connectivity index (χ2n) is 5.70. The summed E-state index contributed by atoms with van der Waals surface area (Å²) >= 11 is 1.83. The van der Waals surface area contributed by atoms with Crippen molar-refractivity contribution in [3.8, 4) is 0 Å². The maximum absolute atomic E-state index is 12.4. The molecule has 0 aromatic heterocycles. The Morgan fingerprint density at radius 1 is 1.14 bits per heavy atom. The Morgan fingerprint density at radius 2 is 1.86 bits per heavy atom. The zero-order chi connectivity index (χ0) is 14.7. The average Bonchev–Trinajstić information content (AvgIpc) is 3.00. The van der Waals surface area contributed by atoms with Gasteiger partial charge in [0.25, 0.3) is 0 Å². The first-order chi connectivity index (χ1) is 10.2. The first kappa shape index (κ1) is 14.5. The molecule has 1 N–H and O–H groups in total. The topological polar surface area (TPSA) is 29.1 Å². The number of thioether (sulfide) groups is 1. The summed E-state index contributed by atoms with van der Waals surface area (Å²) in [6.07, 6.45) is 5.15. The molecule has 2 nitrogen and oxygen atoms in total. The number of amides is 1. The van der Waals surface area contributed by atoms with Crippen LogP contribution in [0, 0.1) is 0 Å². The van der Waals surface area contributed by atoms with Crippen molar-refractivity contribution < 1.29 is 4.79 Å². The lowest BCUT2D eigenvalue weighted by Crippen LogP contribution is -2.24. The van der Waals surface area contributed by atoms with Gasteiger partial charge >= 0.3 is 0 Å². The van der Waals surface area contributed by atoms with Gasteiger partial charge in [0.1, 0.15) is 0 Å². The van der Waals surface area contributed by atoms with E-state index in [1.807, 2.05) is 43.0 Å². The fourth-order valence-corrected chi connectivity index (χ4v) is 4.31. The Morgan fingerprint density at radius 3 is 2.67 bits per heavy atom. The molecule has 0 heterocycles. The van der Waals surface area contributed by atoms with Gasteiger partial charge in [0.05, 0.1) is 5.25 Å². The van der Waals surface area contributed by atoms with Gasteiger partial charge in [0.2, 0.25) is 5.91 Å². The first-order valence-corrected chi connectivity index (χ1v) is 8.62. The summed E-state index contributed by atoms with van der Waals surface area (Å²) in [5.41, 5.74) is 0.914. The zero-order valence-electron chi connectivity index (χ0n) is 12.3. The van der Waals surface area contributed by atoms with Crippen molar-refractivity contribution in [1.82, 2.24) is 0 Å². The lowest BCUT2D eigenvalue weighted by molar-refractivity contribution is -0.115. The van der Waals surface area contributed by atoms with Crippen LogP contribution in [0.15, 0.2) is 42.5 Å². The summed E-state index contributed by atoms with van der Waals surface area (Å²) in [6.45, 7) is 2.02. The van der Waals surface area contributed by atoms with Gasteiger partial charge < -0.3 is 5.32 Å². The molecule has 1 atom stereocenters. The Bertz CT molecular complexity index is 629. The van der Waals surface area contributed by atoms with E-state index in [2.05, 4.69) is 23.5 Å². The normalized spacial score (nSPS) is 17.0. The molecular weight excluding hydrogens is 278 g/mol. The van der Waals surface area contributed by atoms with Crippen LogP contribution in [0.4, 0.5) is 5.69 Å². The van der Waals surface area contributed by atoms with Crippen LogP contribution >= 0.6 is 11.8 Å². The number of anilines is 1. The van der Waals surface area contributed by atoms with Crippen LogP contribution in [0.2, 0.25) is 0 Å². The summed E-state index contributed by atoms with van der Waals surface area (Å²) in [4.78, 5) is 12.4. The molecule has 2 aromatic rings. The van der Waals surface area contributed by atoms with Gasteiger partial charge in [-0.3, -0.25) is 4.79 Å². The highest BCUT2D eigenvalue weighted by Crippen LogP contribution is 2.33. The first-order valence-electron chi connectivity index (χ1n) is 7.68. The van der Waals surface area contributed by atoms with Gasteiger partial charge in [-0.2, -0.15) is 0 Å². The molecule has 0 aliphatic heterocycles. The summed E-state index contributed by atoms with van der Waals surface area (Å²) in [5.74, 6) is 0.114. The van der Waals surface area contributed by atoms with E-state index >= 15 is 0 Å². The predicted octanol–water partition coefficient (Wildman–Crippen LogP) is 4.84. The molecule has 0 saturated heterocycles. The van der Waals surface area contributed by atoms with Gasteiger partial charge in [-0.1, -0.05) is 49.2 Å². The van der Waals surface area contributed by atoms with Crippen LogP contribution < -0.4 is 5.32 Å². The molecule has 21 heavy (non-hydrogen) atoms. The largest absolute Gasteiger partial charge is 0.325 e. The molecule has 0 unspecified atom stereocenters. The Hall–Kier alpha value is -1.48. The quantitative estimate of drug-likeness (QED) is 0.875. The highest BCUT2D eigenvalue weighted by molar-refractivity contribution is 8.01. The summed E-state index contributed by atoms with van der Waals surface area (Å²) in [7, 11) is 0. The zero-order valence-corrected chi connectivity index (χ0v) is 13.2. The maximum Gasteiger partial charge on any atom is 0.237 e.